The third-order valence-electron chi connectivity index (χ3n) is 5.46. The lowest BCUT2D eigenvalue weighted by Gasteiger charge is -2.14. The van der Waals surface area contributed by atoms with Crippen LogP contribution in [0.3, 0.4) is 0 Å². The monoisotopic (exact) mass is 443 g/mol. The molecule has 0 atom stereocenters. The Morgan fingerprint density at radius 2 is 1.88 bits per heavy atom. The Hall–Kier alpha value is -4.20. The summed E-state index contributed by atoms with van der Waals surface area (Å²) in [6.45, 7) is 8.04. The molecule has 0 bridgehead atoms. The number of anilines is 1. The zero-order valence-electron chi connectivity index (χ0n) is 18.8. The molecule has 0 unspecified atom stereocenters. The van der Waals surface area contributed by atoms with Crippen molar-refractivity contribution >= 4 is 17.4 Å². The summed E-state index contributed by atoms with van der Waals surface area (Å²) in [7, 11) is 1.54. The van der Waals surface area contributed by atoms with Gasteiger partial charge in [-0.05, 0) is 26.0 Å². The Kier molecular flexibility index (Phi) is 6.08. The van der Waals surface area contributed by atoms with Crippen molar-refractivity contribution in [3.8, 4) is 17.1 Å². The molecule has 2 aromatic heterocycles. The van der Waals surface area contributed by atoms with Gasteiger partial charge in [0.15, 0.2) is 5.82 Å². The van der Waals surface area contributed by atoms with E-state index in [2.05, 4.69) is 22.0 Å². The van der Waals surface area contributed by atoms with Crippen molar-refractivity contribution in [3.63, 3.8) is 0 Å². The van der Waals surface area contributed by atoms with Crippen LogP contribution in [0.4, 0.5) is 5.69 Å². The van der Waals surface area contributed by atoms with E-state index in [-0.39, 0.29) is 17.9 Å². The smallest absolute Gasteiger partial charge is 0.279 e. The van der Waals surface area contributed by atoms with Crippen LogP contribution in [0.25, 0.3) is 17.2 Å². The number of nitrogens with one attached hydrogen (secondary N) is 1. The lowest BCUT2D eigenvalue weighted by molar-refractivity contribution is -0.115. The Morgan fingerprint density at radius 1 is 1.15 bits per heavy atom. The fraction of sp³-hybridized carbons (Fsp3) is 0.200. The fourth-order valence-electron chi connectivity index (χ4n) is 3.69. The summed E-state index contributed by atoms with van der Waals surface area (Å²) < 4.78 is 8.39. The van der Waals surface area contributed by atoms with Gasteiger partial charge in [-0.15, -0.1) is 11.7 Å². The van der Waals surface area contributed by atoms with Gasteiger partial charge in [0.25, 0.3) is 5.56 Å². The van der Waals surface area contributed by atoms with E-state index in [0.717, 1.165) is 11.1 Å². The third kappa shape index (κ3) is 4.27. The van der Waals surface area contributed by atoms with E-state index in [1.165, 1.54) is 11.6 Å². The first kappa shape index (κ1) is 22.0. The van der Waals surface area contributed by atoms with E-state index in [0.29, 0.717) is 40.8 Å². The first-order valence-corrected chi connectivity index (χ1v) is 10.5. The van der Waals surface area contributed by atoms with Crippen molar-refractivity contribution < 1.29 is 9.53 Å². The quantitative estimate of drug-likeness (QED) is 0.441. The number of benzene rings is 2. The molecule has 0 saturated heterocycles. The molecule has 1 amide bonds. The maximum atomic E-state index is 13.3. The van der Waals surface area contributed by atoms with Gasteiger partial charge in [-0.1, -0.05) is 48.0 Å². The molecular formula is C25H25N5O3. The van der Waals surface area contributed by atoms with Crippen molar-refractivity contribution in [2.45, 2.75) is 26.8 Å². The SMILES string of the molecule is C=CCn1c(C)c(CC(=O)Nc2ccccc2OC)c(=O)n2nc(-c3ccc(C)cc3)nc12. The van der Waals surface area contributed by atoms with Crippen LogP contribution in [0.2, 0.25) is 0 Å². The number of rotatable bonds is 7. The predicted molar refractivity (Wildman–Crippen MR) is 128 cm³/mol. The number of ether oxygens (including phenoxy) is 1. The zero-order chi connectivity index (χ0) is 23.5. The average molecular weight is 444 g/mol. The molecule has 2 heterocycles. The highest BCUT2D eigenvalue weighted by molar-refractivity contribution is 5.93. The standard InChI is InChI=1S/C25H25N5O3/c1-5-14-29-17(3)19(15-22(31)26-20-8-6-7-9-21(20)33-4)24(32)30-25(29)27-23(28-30)18-12-10-16(2)11-13-18/h5-13H,1,14-15H2,2-4H3,(H,26,31). The normalized spacial score (nSPS) is 10.9. The number of hydrogen-bond donors (Lipinski definition) is 1. The van der Waals surface area contributed by atoms with Crippen LogP contribution in [0, 0.1) is 13.8 Å². The van der Waals surface area contributed by atoms with Crippen LogP contribution in [0.15, 0.2) is 66.0 Å². The molecule has 4 aromatic rings. The summed E-state index contributed by atoms with van der Waals surface area (Å²) >= 11 is 0. The molecule has 0 aliphatic rings. The second-order valence-electron chi connectivity index (χ2n) is 7.71. The molecule has 0 aliphatic heterocycles. The van der Waals surface area contributed by atoms with Gasteiger partial charge in [0, 0.05) is 23.4 Å². The second-order valence-corrected chi connectivity index (χ2v) is 7.71. The number of nitrogens with zero attached hydrogens (tertiary/aromatic N) is 4. The molecule has 8 heteroatoms. The number of methoxy groups -OCH3 is 1. The molecule has 0 fully saturated rings. The summed E-state index contributed by atoms with van der Waals surface area (Å²) in [5.41, 5.74) is 3.08. The lowest BCUT2D eigenvalue weighted by atomic mass is 10.1. The molecule has 8 nitrogen and oxygen atoms in total. The number of carbonyl (C=O) groups excluding carboxylic acids is 1. The second kappa shape index (κ2) is 9.12. The molecule has 0 spiro atoms. The number of amides is 1. The van der Waals surface area contributed by atoms with Crippen LogP contribution in [0.1, 0.15) is 16.8 Å². The molecule has 168 valence electrons. The number of hydrogen-bond acceptors (Lipinski definition) is 5. The first-order chi connectivity index (χ1) is 15.9. The molecule has 1 N–H and O–H groups in total. The van der Waals surface area contributed by atoms with Gasteiger partial charge in [-0.25, -0.2) is 0 Å². The largest absolute Gasteiger partial charge is 0.495 e. The zero-order valence-corrected chi connectivity index (χ0v) is 18.8. The number of fused-ring (bicyclic) bond motifs is 1. The number of aryl methyl sites for hydroxylation is 1. The van der Waals surface area contributed by atoms with Gasteiger partial charge in [0.1, 0.15) is 5.75 Å². The van der Waals surface area contributed by atoms with Crippen LogP contribution in [-0.2, 0) is 17.8 Å². The van der Waals surface area contributed by atoms with E-state index >= 15 is 0 Å². The Morgan fingerprint density at radius 3 is 2.58 bits per heavy atom. The summed E-state index contributed by atoms with van der Waals surface area (Å²) in [4.78, 5) is 30.8. The molecule has 0 saturated carbocycles. The Balaban J connectivity index is 1.76. The topological polar surface area (TPSA) is 90.5 Å². The maximum absolute atomic E-state index is 13.3. The van der Waals surface area contributed by atoms with Gasteiger partial charge < -0.3 is 14.6 Å². The Bertz CT molecular complexity index is 1400. The number of allylic oxidation sites excluding steroid dienone is 1. The minimum atomic E-state index is -0.371. The van der Waals surface area contributed by atoms with Crippen molar-refractivity contribution in [2.24, 2.45) is 0 Å². The fourth-order valence-corrected chi connectivity index (χ4v) is 3.69. The highest BCUT2D eigenvalue weighted by Gasteiger charge is 2.20. The van der Waals surface area contributed by atoms with Crippen LogP contribution < -0.4 is 15.6 Å². The average Bonchev–Trinajstić information content (AvgIpc) is 3.26. The van der Waals surface area contributed by atoms with E-state index in [1.807, 2.05) is 41.8 Å². The summed E-state index contributed by atoms with van der Waals surface area (Å²) in [5, 5.41) is 7.28. The Labute approximate surface area is 191 Å². The van der Waals surface area contributed by atoms with Gasteiger partial charge in [0.05, 0.1) is 19.2 Å². The molecule has 4 rings (SSSR count). The van der Waals surface area contributed by atoms with Gasteiger partial charge in [-0.3, -0.25) is 9.59 Å². The third-order valence-corrected chi connectivity index (χ3v) is 5.46. The van der Waals surface area contributed by atoms with E-state index < -0.39 is 0 Å². The van der Waals surface area contributed by atoms with Crippen LogP contribution >= 0.6 is 0 Å². The summed E-state index contributed by atoms with van der Waals surface area (Å²) in [6.07, 6.45) is 1.60. The molecule has 33 heavy (non-hydrogen) atoms. The van der Waals surface area contributed by atoms with Crippen LogP contribution in [0.5, 0.6) is 5.75 Å². The number of aromatic nitrogens is 4. The van der Waals surface area contributed by atoms with Gasteiger partial charge in [0.2, 0.25) is 11.7 Å². The molecule has 0 aliphatic carbocycles. The maximum Gasteiger partial charge on any atom is 0.279 e. The number of para-hydroxylation sites is 2. The molecule has 0 radical (unpaired) electrons. The van der Waals surface area contributed by atoms with Crippen LogP contribution in [-0.4, -0.2) is 32.2 Å². The van der Waals surface area contributed by atoms with E-state index in [4.69, 9.17) is 4.74 Å². The lowest BCUT2D eigenvalue weighted by Crippen LogP contribution is -2.29. The first-order valence-electron chi connectivity index (χ1n) is 10.5. The van der Waals surface area contributed by atoms with Gasteiger partial charge in [-0.2, -0.15) is 9.50 Å². The van der Waals surface area contributed by atoms with Gasteiger partial charge >= 0.3 is 0 Å². The van der Waals surface area contributed by atoms with Crippen molar-refractivity contribution in [2.75, 3.05) is 12.4 Å². The minimum absolute atomic E-state index is 0.116. The summed E-state index contributed by atoms with van der Waals surface area (Å²) in [5.74, 6) is 1.06. The highest BCUT2D eigenvalue weighted by atomic mass is 16.5. The molecule has 2 aromatic carbocycles. The highest BCUT2D eigenvalue weighted by Crippen LogP contribution is 2.23. The van der Waals surface area contributed by atoms with E-state index in [1.54, 1.807) is 31.2 Å². The summed E-state index contributed by atoms with van der Waals surface area (Å²) in [6, 6.07) is 14.9. The van der Waals surface area contributed by atoms with Crippen molar-refractivity contribution in [3.05, 3.63) is 88.4 Å². The van der Waals surface area contributed by atoms with Crippen molar-refractivity contribution in [1.29, 1.82) is 0 Å². The minimum Gasteiger partial charge on any atom is -0.495 e. The predicted octanol–water partition coefficient (Wildman–Crippen LogP) is 3.55. The van der Waals surface area contributed by atoms with Crippen molar-refractivity contribution in [1.82, 2.24) is 19.2 Å². The molecular weight excluding hydrogens is 418 g/mol. The number of carbonyl (C=O) groups is 1. The van der Waals surface area contributed by atoms with E-state index in [9.17, 15) is 9.59 Å².